The average molecular weight is 435 g/mol. The first kappa shape index (κ1) is 21.5. The van der Waals surface area contributed by atoms with Gasteiger partial charge in [-0.3, -0.25) is 14.6 Å². The van der Waals surface area contributed by atoms with E-state index in [2.05, 4.69) is 15.2 Å². The molecule has 9 heteroatoms. The number of morpholine rings is 1. The first-order chi connectivity index (χ1) is 15.4. The number of ether oxygens (including phenoxy) is 1. The Morgan fingerprint density at radius 3 is 2.56 bits per heavy atom. The number of carbonyl (C=O) groups is 2. The van der Waals surface area contributed by atoms with Crippen LogP contribution in [-0.2, 0) is 16.0 Å². The van der Waals surface area contributed by atoms with Gasteiger partial charge in [-0.25, -0.2) is 9.89 Å². The normalized spacial score (nSPS) is 18.4. The first-order valence-corrected chi connectivity index (χ1v) is 10.3. The van der Waals surface area contributed by atoms with Gasteiger partial charge in [0.15, 0.2) is 5.60 Å². The van der Waals surface area contributed by atoms with E-state index in [1.165, 1.54) is 9.80 Å². The summed E-state index contributed by atoms with van der Waals surface area (Å²) in [5.74, 6) is -0.773. The number of rotatable bonds is 5. The molecule has 1 unspecified atom stereocenters. The molecule has 2 amide bonds. The highest BCUT2D eigenvalue weighted by Gasteiger charge is 2.46. The van der Waals surface area contributed by atoms with Crippen LogP contribution < -0.4 is 5.69 Å². The van der Waals surface area contributed by atoms with E-state index < -0.39 is 17.2 Å². The third-order valence-electron chi connectivity index (χ3n) is 5.50. The molecule has 1 atom stereocenters. The Labute approximate surface area is 185 Å². The predicted molar refractivity (Wildman–Crippen MR) is 118 cm³/mol. The molecule has 1 fully saturated rings. The summed E-state index contributed by atoms with van der Waals surface area (Å²) in [6.07, 6.45) is 0.297. The number of hydrogen-bond acceptors (Lipinski definition) is 5. The Morgan fingerprint density at radius 1 is 1.12 bits per heavy atom. The van der Waals surface area contributed by atoms with Gasteiger partial charge in [-0.1, -0.05) is 54.6 Å². The molecule has 2 N–H and O–H groups in total. The van der Waals surface area contributed by atoms with E-state index in [-0.39, 0.29) is 24.9 Å². The van der Waals surface area contributed by atoms with E-state index in [9.17, 15) is 14.4 Å². The minimum absolute atomic E-state index is 0.0489. The van der Waals surface area contributed by atoms with Crippen molar-refractivity contribution in [1.82, 2.24) is 25.0 Å². The van der Waals surface area contributed by atoms with Gasteiger partial charge in [-0.2, -0.15) is 0 Å². The van der Waals surface area contributed by atoms with Crippen LogP contribution in [0.5, 0.6) is 0 Å². The largest absolute Gasteiger partial charge is 0.361 e. The van der Waals surface area contributed by atoms with Crippen molar-refractivity contribution in [3.8, 4) is 11.1 Å². The van der Waals surface area contributed by atoms with Gasteiger partial charge in [0.1, 0.15) is 0 Å². The molecule has 9 nitrogen and oxygen atoms in total. The lowest BCUT2D eigenvalue weighted by Gasteiger charge is -2.42. The highest BCUT2D eigenvalue weighted by atomic mass is 16.5. The third kappa shape index (κ3) is 4.33. The maximum absolute atomic E-state index is 13.3. The van der Waals surface area contributed by atoms with Gasteiger partial charge in [0.25, 0.3) is 11.8 Å². The number of hydrogen-bond donors (Lipinski definition) is 2. The van der Waals surface area contributed by atoms with Gasteiger partial charge in [-0.05, 0) is 16.7 Å². The predicted octanol–water partition coefficient (Wildman–Crippen LogP) is 1.31. The Hall–Kier alpha value is -3.72. The molecule has 0 saturated carbocycles. The van der Waals surface area contributed by atoms with E-state index in [4.69, 9.17) is 4.74 Å². The van der Waals surface area contributed by atoms with Gasteiger partial charge >= 0.3 is 5.69 Å². The van der Waals surface area contributed by atoms with Crippen LogP contribution in [0.2, 0.25) is 0 Å². The average Bonchev–Trinajstić information content (AvgIpc) is 3.25. The lowest BCUT2D eigenvalue weighted by atomic mass is 9.89. The number of aromatic amines is 2. The molecule has 2 aromatic carbocycles. The van der Waals surface area contributed by atoms with Crippen LogP contribution in [0.3, 0.4) is 0 Å². The Morgan fingerprint density at radius 2 is 1.88 bits per heavy atom. The molecule has 4 rings (SSSR count). The van der Waals surface area contributed by atoms with E-state index in [0.717, 1.165) is 16.7 Å². The number of amides is 2. The van der Waals surface area contributed by atoms with Crippen LogP contribution in [0, 0.1) is 0 Å². The fourth-order valence-electron chi connectivity index (χ4n) is 4.02. The van der Waals surface area contributed by atoms with Crippen LogP contribution in [-0.4, -0.2) is 76.2 Å². The minimum Gasteiger partial charge on any atom is -0.361 e. The molecule has 166 valence electrons. The van der Waals surface area contributed by atoms with Crippen molar-refractivity contribution in [2.24, 2.45) is 0 Å². The van der Waals surface area contributed by atoms with E-state index in [1.54, 1.807) is 14.1 Å². The third-order valence-corrected chi connectivity index (χ3v) is 5.50. The summed E-state index contributed by atoms with van der Waals surface area (Å²) in [7, 11) is 3.33. The van der Waals surface area contributed by atoms with E-state index in [1.807, 2.05) is 54.6 Å². The number of likely N-dealkylation sites (N-methyl/N-ethyl adjacent to an activating group) is 1. The molecular weight excluding hydrogens is 410 g/mol. The summed E-state index contributed by atoms with van der Waals surface area (Å²) in [5, 5.41) is 5.92. The van der Waals surface area contributed by atoms with Gasteiger partial charge in [0.05, 0.1) is 13.2 Å². The lowest BCUT2D eigenvalue weighted by molar-refractivity contribution is -0.165. The molecule has 1 aliphatic heterocycles. The van der Waals surface area contributed by atoms with Gasteiger partial charge in [0, 0.05) is 27.1 Å². The monoisotopic (exact) mass is 435 g/mol. The number of aromatic nitrogens is 3. The van der Waals surface area contributed by atoms with Crippen molar-refractivity contribution < 1.29 is 14.3 Å². The molecule has 0 bridgehead atoms. The van der Waals surface area contributed by atoms with Crippen molar-refractivity contribution in [2.75, 3.05) is 33.8 Å². The van der Waals surface area contributed by atoms with Gasteiger partial charge in [-0.15, -0.1) is 5.10 Å². The summed E-state index contributed by atoms with van der Waals surface area (Å²) >= 11 is 0. The van der Waals surface area contributed by atoms with Crippen LogP contribution in [0.1, 0.15) is 16.2 Å². The fraction of sp³-hybridized carbons (Fsp3) is 0.304. The maximum Gasteiger partial charge on any atom is 0.341 e. The number of nitrogens with one attached hydrogen (secondary N) is 2. The summed E-state index contributed by atoms with van der Waals surface area (Å²) in [5.41, 5.74) is 1.22. The standard InChI is InChI=1S/C23H25N5O4/c1-27(2)21(30)23(14-16-7-6-10-18(13-16)17-8-4-3-5-9-17)15-28(11-12-32-23)20(29)19-24-22(31)26-25-19/h3-10,13H,11-12,14-15H2,1-2H3,(H2,24,25,26,31). The second kappa shape index (κ2) is 8.80. The van der Waals surface area contributed by atoms with Crippen LogP contribution >= 0.6 is 0 Å². The number of carbonyl (C=O) groups excluding carboxylic acids is 2. The topological polar surface area (TPSA) is 111 Å². The summed E-state index contributed by atoms with van der Waals surface area (Å²) < 4.78 is 6.07. The minimum atomic E-state index is -1.25. The molecule has 1 aromatic heterocycles. The summed E-state index contributed by atoms with van der Waals surface area (Å²) in [4.78, 5) is 42.9. The fourth-order valence-corrected chi connectivity index (χ4v) is 4.02. The molecule has 0 radical (unpaired) electrons. The molecule has 0 spiro atoms. The molecule has 1 aliphatic rings. The smallest absolute Gasteiger partial charge is 0.341 e. The van der Waals surface area contributed by atoms with Crippen molar-refractivity contribution in [3.63, 3.8) is 0 Å². The lowest BCUT2D eigenvalue weighted by Crippen LogP contribution is -2.61. The first-order valence-electron chi connectivity index (χ1n) is 10.3. The van der Waals surface area contributed by atoms with Crippen molar-refractivity contribution in [1.29, 1.82) is 0 Å². The Bertz CT molecular complexity index is 1170. The van der Waals surface area contributed by atoms with Crippen molar-refractivity contribution >= 4 is 11.8 Å². The van der Waals surface area contributed by atoms with E-state index in [0.29, 0.717) is 13.0 Å². The van der Waals surface area contributed by atoms with Gasteiger partial charge in [0.2, 0.25) is 5.82 Å². The SMILES string of the molecule is CN(C)C(=O)C1(Cc2cccc(-c3ccccc3)c2)CN(C(=O)c2n[nH]c(=O)[nH]2)CCO1. The zero-order valence-corrected chi connectivity index (χ0v) is 18.0. The molecule has 3 aromatic rings. The van der Waals surface area contributed by atoms with Gasteiger partial charge < -0.3 is 14.5 Å². The zero-order chi connectivity index (χ0) is 22.7. The molecule has 1 saturated heterocycles. The molecule has 0 aliphatic carbocycles. The summed E-state index contributed by atoms with van der Waals surface area (Å²) in [6.45, 7) is 0.534. The Balaban J connectivity index is 1.64. The number of benzene rings is 2. The number of H-pyrrole nitrogens is 2. The highest BCUT2D eigenvalue weighted by Crippen LogP contribution is 2.28. The molecule has 32 heavy (non-hydrogen) atoms. The quantitative estimate of drug-likeness (QED) is 0.628. The van der Waals surface area contributed by atoms with E-state index >= 15 is 0 Å². The number of nitrogens with zero attached hydrogens (tertiary/aromatic N) is 3. The van der Waals surface area contributed by atoms with Crippen molar-refractivity contribution in [3.05, 3.63) is 76.5 Å². The van der Waals surface area contributed by atoms with Crippen molar-refractivity contribution in [2.45, 2.75) is 12.0 Å². The molecular formula is C23H25N5O4. The van der Waals surface area contributed by atoms with Crippen LogP contribution in [0.25, 0.3) is 11.1 Å². The zero-order valence-electron chi connectivity index (χ0n) is 18.0. The van der Waals surface area contributed by atoms with Crippen LogP contribution in [0.15, 0.2) is 59.4 Å². The maximum atomic E-state index is 13.3. The Kier molecular flexibility index (Phi) is 5.91. The van der Waals surface area contributed by atoms with Crippen LogP contribution in [0.4, 0.5) is 0 Å². The second-order valence-corrected chi connectivity index (χ2v) is 8.04. The highest BCUT2D eigenvalue weighted by molar-refractivity contribution is 5.92. The molecule has 2 heterocycles. The summed E-state index contributed by atoms with van der Waals surface area (Å²) in [6, 6.07) is 17.9. The second-order valence-electron chi connectivity index (χ2n) is 8.04.